The number of carbonyl (C=O) groups is 4. The highest BCUT2D eigenvalue weighted by Crippen LogP contribution is 2.41. The molecule has 0 unspecified atom stereocenters. The molecule has 3 atom stereocenters. The third kappa shape index (κ3) is 8.28. The van der Waals surface area contributed by atoms with Crippen molar-refractivity contribution in [2.75, 3.05) is 34.8 Å². The molecule has 1 aromatic carbocycles. The van der Waals surface area contributed by atoms with Gasteiger partial charge in [0.15, 0.2) is 16.6 Å². The van der Waals surface area contributed by atoms with Crippen molar-refractivity contribution in [3.8, 4) is 6.07 Å². The minimum absolute atomic E-state index is 0.0317. The molecule has 60 heavy (non-hydrogen) atoms. The normalized spacial score (nSPS) is 25.2. The second-order valence-corrected chi connectivity index (χ2v) is 17.2. The monoisotopic (exact) mass is 850 g/mol. The number of imide groups is 1. The molecule has 1 aliphatic carbocycles. The number of nitriles is 1. The zero-order valence-electron chi connectivity index (χ0n) is 34.2. The van der Waals surface area contributed by atoms with Crippen LogP contribution in [0.4, 0.5) is 35.2 Å². The molecule has 2 aromatic heterocycles. The molecule has 320 valence electrons. The number of likely N-dealkylation sites (tertiary alicyclic amines) is 1. The molecule has 5 heterocycles. The summed E-state index contributed by atoms with van der Waals surface area (Å²) < 4.78 is 49.2. The van der Waals surface area contributed by atoms with Crippen LogP contribution >= 0.6 is 12.2 Å². The van der Waals surface area contributed by atoms with E-state index in [-0.39, 0.29) is 66.4 Å². The topological polar surface area (TPSA) is 169 Å². The number of alkyl halides is 3. The summed E-state index contributed by atoms with van der Waals surface area (Å²) in [4.78, 5) is 61.6. The average Bonchev–Trinajstić information content (AvgIpc) is 3.61. The Labute approximate surface area is 351 Å². The lowest BCUT2D eigenvalue weighted by molar-refractivity contribution is -0.138. The summed E-state index contributed by atoms with van der Waals surface area (Å²) in [6.45, 7) is 8.75. The Morgan fingerprint density at radius 3 is 2.47 bits per heavy atom. The zero-order valence-corrected chi connectivity index (χ0v) is 35.0. The number of benzene rings is 1. The molecule has 3 aliphatic heterocycles. The molecule has 19 heteroatoms. The maximum Gasteiger partial charge on any atom is 0.419 e. The number of hydrogen-bond acceptors (Lipinski definition) is 10. The van der Waals surface area contributed by atoms with E-state index < -0.39 is 34.9 Å². The third-order valence-electron chi connectivity index (χ3n) is 12.4. The van der Waals surface area contributed by atoms with Gasteiger partial charge in [0, 0.05) is 50.1 Å². The number of amides is 5. The van der Waals surface area contributed by atoms with E-state index in [1.807, 2.05) is 17.0 Å². The van der Waals surface area contributed by atoms with E-state index in [0.717, 1.165) is 49.3 Å². The number of nitrogens with zero attached hydrogens (tertiary/aromatic N) is 8. The van der Waals surface area contributed by atoms with Crippen molar-refractivity contribution in [1.82, 2.24) is 29.9 Å². The predicted molar refractivity (Wildman–Crippen MR) is 220 cm³/mol. The molecule has 0 bridgehead atoms. The number of urea groups is 1. The second kappa shape index (κ2) is 16.7. The van der Waals surface area contributed by atoms with Crippen molar-refractivity contribution < 1.29 is 37.1 Å². The molecule has 0 radical (unpaired) electrons. The fourth-order valence-corrected chi connectivity index (χ4v) is 10.0. The number of aromatic nitrogens is 3. The summed E-state index contributed by atoms with van der Waals surface area (Å²) in [7, 11) is 1.75. The van der Waals surface area contributed by atoms with Gasteiger partial charge in [-0.15, -0.1) is 0 Å². The lowest BCUT2D eigenvalue weighted by atomic mass is 9.85. The maximum atomic E-state index is 13.7. The van der Waals surface area contributed by atoms with Crippen LogP contribution in [0.3, 0.4) is 0 Å². The number of halogens is 3. The van der Waals surface area contributed by atoms with Crippen molar-refractivity contribution >= 4 is 69.2 Å². The summed E-state index contributed by atoms with van der Waals surface area (Å²) in [6, 6.07) is 7.37. The summed E-state index contributed by atoms with van der Waals surface area (Å²) in [6.07, 6.45) is 2.05. The van der Waals surface area contributed by atoms with Gasteiger partial charge in [-0.2, -0.15) is 23.5 Å². The summed E-state index contributed by atoms with van der Waals surface area (Å²) in [5, 5.41) is 19.9. The van der Waals surface area contributed by atoms with Gasteiger partial charge in [-0.25, -0.2) is 9.78 Å². The van der Waals surface area contributed by atoms with E-state index in [9.17, 15) is 37.6 Å². The maximum absolute atomic E-state index is 13.7. The highest BCUT2D eigenvalue weighted by atomic mass is 32.1. The van der Waals surface area contributed by atoms with Crippen molar-refractivity contribution in [3.63, 3.8) is 0 Å². The zero-order chi connectivity index (χ0) is 43.3. The number of rotatable bonds is 10. The molecule has 7 rings (SSSR count). The largest absolute Gasteiger partial charge is 0.419 e. The van der Waals surface area contributed by atoms with Crippen LogP contribution in [0.15, 0.2) is 30.5 Å². The Balaban J connectivity index is 0.884. The molecule has 4 aliphatic rings. The number of hydrogen-bond donors (Lipinski definition) is 2. The first-order valence-corrected chi connectivity index (χ1v) is 20.7. The van der Waals surface area contributed by atoms with Crippen LogP contribution < -0.4 is 20.4 Å². The van der Waals surface area contributed by atoms with Gasteiger partial charge in [-0.1, -0.05) is 6.07 Å². The summed E-state index contributed by atoms with van der Waals surface area (Å²) in [5.41, 5.74) is -1.95. The Bertz CT molecular complexity index is 2240. The number of aryl methyl sites for hydroxylation is 1. The molecule has 1 saturated carbocycles. The van der Waals surface area contributed by atoms with Gasteiger partial charge >= 0.3 is 12.2 Å². The third-order valence-corrected chi connectivity index (χ3v) is 12.8. The fourth-order valence-electron chi connectivity index (χ4n) is 9.46. The minimum Gasteiger partial charge on any atom is -0.378 e. The summed E-state index contributed by atoms with van der Waals surface area (Å²) in [5.74, 6) is -0.0943. The smallest absolute Gasteiger partial charge is 0.378 e. The van der Waals surface area contributed by atoms with E-state index in [1.165, 1.54) is 11.0 Å². The molecule has 2 N–H and O–H groups in total. The van der Waals surface area contributed by atoms with Crippen LogP contribution in [0.1, 0.15) is 90.3 Å². The van der Waals surface area contributed by atoms with Crippen molar-refractivity contribution in [2.45, 2.75) is 115 Å². The van der Waals surface area contributed by atoms with Gasteiger partial charge < -0.3 is 15.0 Å². The molecular weight excluding hydrogens is 802 g/mol. The Morgan fingerprint density at radius 2 is 1.82 bits per heavy atom. The number of para-hydroxylation sites is 1. The van der Waals surface area contributed by atoms with Crippen LogP contribution in [0.2, 0.25) is 0 Å². The molecule has 3 saturated heterocycles. The van der Waals surface area contributed by atoms with Gasteiger partial charge in [0.05, 0.1) is 41.3 Å². The van der Waals surface area contributed by atoms with Gasteiger partial charge in [0.1, 0.15) is 11.6 Å². The number of fused-ring (bicyclic) bond motifs is 1. The number of carbonyl (C=O) groups excluding carboxylic acids is 4. The van der Waals surface area contributed by atoms with E-state index in [1.54, 1.807) is 31.6 Å². The number of nitrogens with one attached hydrogen (secondary N) is 2. The van der Waals surface area contributed by atoms with Gasteiger partial charge in [-0.3, -0.25) is 39.1 Å². The number of anilines is 3. The summed E-state index contributed by atoms with van der Waals surface area (Å²) >= 11 is 5.73. The first kappa shape index (κ1) is 42.9. The molecular formula is C41H49F3N10O5S. The standard InChI is InChI=1S/C41H49F3N10O5S/c1-23-17-25(18-24(2)52(23)22-34(56)47-31-8-6-7-29-35(31)50(5)49-36(29)51-15-13-33(55)48-38(51)58)14-16-59-28-11-9-26(10-12-28)54-39(60)53(37(57)40(54,3)4)27-19-30(41(42,43)44)32(20-45)46-21-27/h6-8,19,21,23-26,28H,9-18,22H2,1-5H3,(H,47,56)(H,48,55,58)/t23-,24+,25+,26-,28-. The van der Waals surface area contributed by atoms with Crippen LogP contribution in [-0.4, -0.2) is 103 Å². The van der Waals surface area contributed by atoms with Crippen molar-refractivity contribution in [2.24, 2.45) is 13.0 Å². The van der Waals surface area contributed by atoms with Gasteiger partial charge in [-0.05, 0) is 109 Å². The Hall–Kier alpha value is -5.19. The SMILES string of the molecule is C[C@@H]1C[C@H](CCO[C@H]2CC[C@H](N3C(=S)N(c4cnc(C#N)c(C(F)(F)F)c4)C(=O)C3(C)C)CC2)C[C@H](C)N1CC(=O)Nc1cccc2c(N3CCC(=O)NC3=O)nn(C)c12. The first-order valence-electron chi connectivity index (χ1n) is 20.3. The quantitative estimate of drug-likeness (QED) is 0.235. The van der Waals surface area contributed by atoms with Crippen molar-refractivity contribution in [3.05, 3.63) is 41.7 Å². The highest BCUT2D eigenvalue weighted by molar-refractivity contribution is 7.80. The van der Waals surface area contributed by atoms with Crippen LogP contribution in [-0.2, 0) is 32.3 Å². The van der Waals surface area contributed by atoms with Crippen LogP contribution in [0.5, 0.6) is 0 Å². The Morgan fingerprint density at radius 1 is 1.12 bits per heavy atom. The molecule has 4 fully saturated rings. The highest BCUT2D eigenvalue weighted by Gasteiger charge is 2.53. The number of pyridine rings is 1. The van der Waals surface area contributed by atoms with Crippen LogP contribution in [0.25, 0.3) is 10.9 Å². The number of piperidine rings is 1. The van der Waals surface area contributed by atoms with E-state index in [2.05, 4.69) is 39.5 Å². The fraction of sp³-hybridized carbons (Fsp3) is 0.561. The van der Waals surface area contributed by atoms with Crippen molar-refractivity contribution in [1.29, 1.82) is 5.26 Å². The molecule has 3 aromatic rings. The molecule has 0 spiro atoms. The van der Waals surface area contributed by atoms with Crippen LogP contribution in [0, 0.1) is 17.2 Å². The second-order valence-electron chi connectivity index (χ2n) is 16.8. The lowest BCUT2D eigenvalue weighted by Gasteiger charge is -2.42. The molecule has 15 nitrogen and oxygen atoms in total. The van der Waals surface area contributed by atoms with E-state index in [4.69, 9.17) is 17.0 Å². The number of ether oxygens (including phenoxy) is 1. The minimum atomic E-state index is -4.83. The van der Waals surface area contributed by atoms with E-state index in [0.29, 0.717) is 47.8 Å². The first-order chi connectivity index (χ1) is 28.4. The van der Waals surface area contributed by atoms with Gasteiger partial charge in [0.2, 0.25) is 11.8 Å². The lowest BCUT2D eigenvalue weighted by Crippen LogP contribution is -2.51. The van der Waals surface area contributed by atoms with E-state index >= 15 is 0 Å². The average molecular weight is 851 g/mol. The molecule has 5 amide bonds. The number of thiocarbonyl (C=S) groups is 1. The predicted octanol–water partition coefficient (Wildman–Crippen LogP) is 5.86. The Kier molecular flexibility index (Phi) is 11.9. The van der Waals surface area contributed by atoms with Gasteiger partial charge in [0.25, 0.3) is 5.91 Å².